The molecule has 0 radical (unpaired) electrons. The van der Waals surface area contributed by atoms with Crippen LogP contribution in [0.15, 0.2) is 200 Å². The second-order valence-corrected chi connectivity index (χ2v) is 28.9. The van der Waals surface area contributed by atoms with E-state index in [9.17, 15) is 23.4 Å². The van der Waals surface area contributed by atoms with Crippen molar-refractivity contribution in [3.8, 4) is 11.1 Å². The zero-order chi connectivity index (χ0) is 54.7. The van der Waals surface area contributed by atoms with E-state index in [1.807, 2.05) is 54.6 Å². The number of carbonyl (C=O) groups is 1. The van der Waals surface area contributed by atoms with Crippen LogP contribution in [-0.4, -0.2) is 49.0 Å². The van der Waals surface area contributed by atoms with E-state index in [0.717, 1.165) is 22.3 Å². The van der Waals surface area contributed by atoms with Crippen LogP contribution in [0.5, 0.6) is 0 Å². The van der Waals surface area contributed by atoms with Gasteiger partial charge in [0.25, 0.3) is 30.1 Å². The lowest BCUT2D eigenvalue weighted by atomic mass is 9.98. The SMILES string of the molecule is O=C(NCP(=O)(NCP(=O)(NCP(=O)(NCP(=O)(NCP(=O)(O)OCc1ccccc1)OCc1ccccc1)OCc1ccccc1)OCc1ccccc1)OCc1ccccc1)OCC1c2ccccc2-c2ccccc21. The molecule has 0 saturated carbocycles. The molecule has 8 rings (SSSR count). The van der Waals surface area contributed by atoms with Gasteiger partial charge in [-0.2, -0.15) is 0 Å². The highest BCUT2D eigenvalue weighted by atomic mass is 31.2. The number of nitrogens with one attached hydrogen (secondary N) is 5. The summed E-state index contributed by atoms with van der Waals surface area (Å²) >= 11 is 0. The normalized spacial score (nSPS) is 16.0. The van der Waals surface area contributed by atoms with Gasteiger partial charge in [0, 0.05) is 5.92 Å². The summed E-state index contributed by atoms with van der Waals surface area (Å²) in [6, 6.07) is 59.8. The fraction of sp³-hybridized carbons (Fsp3) is 0.218. The van der Waals surface area contributed by atoms with Crippen LogP contribution in [0.1, 0.15) is 44.9 Å². The van der Waals surface area contributed by atoms with Crippen molar-refractivity contribution in [2.75, 3.05) is 38.0 Å². The predicted octanol–water partition coefficient (Wildman–Crippen LogP) is 12.7. The number of rotatable bonds is 31. The van der Waals surface area contributed by atoms with E-state index in [2.05, 4.69) is 25.7 Å². The maximum Gasteiger partial charge on any atom is 0.407 e. The summed E-state index contributed by atoms with van der Waals surface area (Å²) in [5, 5.41) is 13.5. The molecule has 1 aliphatic rings. The lowest BCUT2D eigenvalue weighted by Crippen LogP contribution is -2.32. The molecule has 78 heavy (non-hydrogen) atoms. The number of ether oxygens (including phenoxy) is 1. The average Bonchev–Trinajstić information content (AvgIpc) is 3.93. The summed E-state index contributed by atoms with van der Waals surface area (Å²) in [6.45, 7) is -1.04. The molecule has 23 heteroatoms. The van der Waals surface area contributed by atoms with Crippen LogP contribution in [-0.2, 0) is 83.2 Å². The average molecular weight is 1160 g/mol. The standard InChI is InChI=1S/C55H62N5O13P5/c61-55(68-39-54-52-32-18-16-30-50(52)51-31-17-19-33-53(51)54)56-40-74(62,69-34-45-20-6-1-7-21-45)57-41-75(63,70-35-46-22-8-2-9-23-46)58-42-76(64,71-36-47-24-10-3-11-25-47)59-43-77(65,72-37-48-26-12-4-13-27-48)60-44-78(66,67)73-38-49-28-14-5-15-29-49/h1-33,54H,34-44H2,(H,56,61)(H,57,62)(H,58,63)(H,59,64)(H,60,65)(H,66,67). The van der Waals surface area contributed by atoms with Crippen LogP contribution >= 0.6 is 37.7 Å². The van der Waals surface area contributed by atoms with E-state index in [0.29, 0.717) is 27.8 Å². The van der Waals surface area contributed by atoms with Crippen molar-refractivity contribution in [2.45, 2.75) is 39.0 Å². The maximum atomic E-state index is 15.2. The number of fused-ring (bicyclic) bond motifs is 3. The second kappa shape index (κ2) is 28.1. The van der Waals surface area contributed by atoms with Crippen molar-refractivity contribution >= 4 is 43.8 Å². The van der Waals surface area contributed by atoms with Gasteiger partial charge < -0.3 is 37.6 Å². The summed E-state index contributed by atoms with van der Waals surface area (Å²) in [5.74, 6) is -0.239. The Morgan fingerprint density at radius 3 is 1.00 bits per heavy atom. The molecule has 5 unspecified atom stereocenters. The summed E-state index contributed by atoms with van der Waals surface area (Å²) in [7, 11) is -21.6. The van der Waals surface area contributed by atoms with E-state index in [4.69, 9.17) is 27.4 Å². The van der Waals surface area contributed by atoms with Gasteiger partial charge in [-0.05, 0) is 50.1 Å². The molecule has 6 N–H and O–H groups in total. The second-order valence-electron chi connectivity index (χ2n) is 18.1. The molecule has 7 aromatic carbocycles. The minimum atomic E-state index is -4.45. The molecular formula is C55H62N5O13P5. The third-order valence-electron chi connectivity index (χ3n) is 12.3. The molecule has 1 aliphatic carbocycles. The first-order valence-electron chi connectivity index (χ1n) is 24.9. The van der Waals surface area contributed by atoms with E-state index in [-0.39, 0.29) is 45.6 Å². The van der Waals surface area contributed by atoms with Gasteiger partial charge in [0.15, 0.2) is 0 Å². The van der Waals surface area contributed by atoms with Crippen LogP contribution in [0, 0.1) is 0 Å². The number of hydrogen-bond acceptors (Lipinski definition) is 12. The van der Waals surface area contributed by atoms with Crippen molar-refractivity contribution in [3.63, 3.8) is 0 Å². The maximum absolute atomic E-state index is 15.2. The van der Waals surface area contributed by atoms with Crippen molar-refractivity contribution < 1.29 is 59.9 Å². The number of carbonyl (C=O) groups excluding carboxylic acids is 1. The van der Waals surface area contributed by atoms with Gasteiger partial charge in [-0.15, -0.1) is 0 Å². The Morgan fingerprint density at radius 2 is 0.654 bits per heavy atom. The molecule has 0 heterocycles. The Labute approximate surface area is 454 Å². The summed E-state index contributed by atoms with van der Waals surface area (Å²) in [5.41, 5.74) is 7.27. The molecule has 0 bridgehead atoms. The molecule has 0 fully saturated rings. The van der Waals surface area contributed by atoms with Gasteiger partial charge in [-0.3, -0.25) is 22.8 Å². The first-order chi connectivity index (χ1) is 37.7. The highest BCUT2D eigenvalue weighted by Crippen LogP contribution is 2.55. The Bertz CT molecular complexity index is 3240. The van der Waals surface area contributed by atoms with Crippen molar-refractivity contribution in [2.24, 2.45) is 0 Å². The largest absolute Gasteiger partial charge is 0.449 e. The molecule has 18 nitrogen and oxygen atoms in total. The first kappa shape index (κ1) is 58.7. The topological polar surface area (TPSA) is 238 Å². The van der Waals surface area contributed by atoms with Crippen molar-refractivity contribution in [1.82, 2.24) is 25.7 Å². The Kier molecular flexibility index (Phi) is 21.2. The van der Waals surface area contributed by atoms with Gasteiger partial charge in [-0.1, -0.05) is 200 Å². The van der Waals surface area contributed by atoms with Crippen molar-refractivity contribution in [1.29, 1.82) is 0 Å². The minimum Gasteiger partial charge on any atom is -0.449 e. The number of alkyl carbamates (subject to hydrolysis) is 1. The number of benzene rings is 7. The molecule has 410 valence electrons. The molecule has 1 amide bonds. The van der Waals surface area contributed by atoms with Crippen LogP contribution in [0.4, 0.5) is 4.79 Å². The molecule has 0 spiro atoms. The van der Waals surface area contributed by atoms with Gasteiger partial charge in [0.1, 0.15) is 19.2 Å². The lowest BCUT2D eigenvalue weighted by Gasteiger charge is -2.28. The lowest BCUT2D eigenvalue weighted by molar-refractivity contribution is 0.144. The smallest absolute Gasteiger partial charge is 0.407 e. The highest BCUT2D eigenvalue weighted by molar-refractivity contribution is 7.63. The fourth-order valence-corrected chi connectivity index (χ4v) is 17.8. The van der Waals surface area contributed by atoms with E-state index < -0.39 is 75.2 Å². The molecule has 0 aliphatic heterocycles. The molecule has 0 aromatic heterocycles. The van der Waals surface area contributed by atoms with Crippen LogP contribution in [0.2, 0.25) is 0 Å². The minimum absolute atomic E-state index is 0.00851. The van der Waals surface area contributed by atoms with Crippen LogP contribution in [0.3, 0.4) is 0 Å². The molecule has 0 saturated heterocycles. The Hall–Kier alpha value is -5.44. The zero-order valence-electron chi connectivity index (χ0n) is 42.5. The van der Waals surface area contributed by atoms with Crippen LogP contribution in [0.25, 0.3) is 11.1 Å². The molecule has 5 atom stereocenters. The molecular weight excluding hydrogens is 1090 g/mol. The van der Waals surface area contributed by atoms with Crippen molar-refractivity contribution in [3.05, 3.63) is 239 Å². The summed E-state index contributed by atoms with van der Waals surface area (Å²) < 4.78 is 108. The van der Waals surface area contributed by atoms with Gasteiger partial charge >= 0.3 is 13.7 Å². The van der Waals surface area contributed by atoms with E-state index in [1.165, 1.54) is 0 Å². The quantitative estimate of drug-likeness (QED) is 0.0222. The summed E-state index contributed by atoms with van der Waals surface area (Å²) in [6.07, 6.45) is -4.41. The third-order valence-corrected chi connectivity index (χ3v) is 21.4. The van der Waals surface area contributed by atoms with Crippen LogP contribution < -0.4 is 25.7 Å². The number of hydrogen-bond donors (Lipinski definition) is 6. The van der Waals surface area contributed by atoms with E-state index >= 15 is 9.13 Å². The predicted molar refractivity (Wildman–Crippen MR) is 301 cm³/mol. The first-order valence-corrected chi connectivity index (χ1v) is 33.9. The van der Waals surface area contributed by atoms with Gasteiger partial charge in [-0.25, -0.2) is 25.1 Å². The summed E-state index contributed by atoms with van der Waals surface area (Å²) in [4.78, 5) is 24.3. The van der Waals surface area contributed by atoms with Gasteiger partial charge in [0.2, 0.25) is 0 Å². The number of amides is 1. The molecule has 7 aromatic rings. The van der Waals surface area contributed by atoms with Gasteiger partial charge in [0.05, 0.1) is 51.9 Å². The van der Waals surface area contributed by atoms with E-state index in [1.54, 1.807) is 146 Å². The fourth-order valence-electron chi connectivity index (χ4n) is 8.01. The zero-order valence-corrected chi connectivity index (χ0v) is 47.0. The monoisotopic (exact) mass is 1160 g/mol. The third kappa shape index (κ3) is 18.0. The highest BCUT2D eigenvalue weighted by Gasteiger charge is 2.37. The Balaban J connectivity index is 0.997. The Morgan fingerprint density at radius 1 is 0.372 bits per heavy atom.